The van der Waals surface area contributed by atoms with E-state index in [1.807, 2.05) is 13.0 Å². The second-order valence-corrected chi connectivity index (χ2v) is 5.91. The summed E-state index contributed by atoms with van der Waals surface area (Å²) >= 11 is 3.46. The van der Waals surface area contributed by atoms with Crippen molar-refractivity contribution in [1.82, 2.24) is 9.97 Å². The Labute approximate surface area is 116 Å². The van der Waals surface area contributed by atoms with Gasteiger partial charge in [-0.05, 0) is 48.5 Å². The first-order chi connectivity index (χ1) is 8.74. The number of nitrogens with zero attached hydrogens (tertiary/aromatic N) is 2. The highest BCUT2D eigenvalue weighted by Gasteiger charge is 2.31. The van der Waals surface area contributed by atoms with Gasteiger partial charge in [0.05, 0.1) is 6.10 Å². The van der Waals surface area contributed by atoms with Gasteiger partial charge >= 0.3 is 0 Å². The van der Waals surface area contributed by atoms with Crippen LogP contribution in [0.15, 0.2) is 10.7 Å². The van der Waals surface area contributed by atoms with E-state index in [4.69, 9.17) is 4.74 Å². The van der Waals surface area contributed by atoms with Crippen LogP contribution in [0.5, 0.6) is 0 Å². The maximum atomic E-state index is 5.56. The first-order valence-corrected chi connectivity index (χ1v) is 7.46. The predicted molar refractivity (Wildman–Crippen MR) is 73.8 cm³/mol. The molecule has 5 heteroatoms. The van der Waals surface area contributed by atoms with Crippen molar-refractivity contribution >= 4 is 21.7 Å². The summed E-state index contributed by atoms with van der Waals surface area (Å²) in [5.74, 6) is 2.51. The van der Waals surface area contributed by atoms with Crippen LogP contribution >= 0.6 is 15.9 Å². The summed E-state index contributed by atoms with van der Waals surface area (Å²) in [6.07, 6.45) is 5.04. The number of aromatic nitrogens is 2. The minimum atomic E-state index is 0.431. The van der Waals surface area contributed by atoms with Crippen LogP contribution in [-0.2, 0) is 4.74 Å². The Morgan fingerprint density at radius 1 is 1.39 bits per heavy atom. The molecule has 2 aliphatic rings. The van der Waals surface area contributed by atoms with Crippen molar-refractivity contribution in [3.8, 4) is 0 Å². The van der Waals surface area contributed by atoms with E-state index in [0.717, 1.165) is 35.7 Å². The van der Waals surface area contributed by atoms with Gasteiger partial charge in [-0.15, -0.1) is 0 Å². The molecule has 1 aromatic rings. The van der Waals surface area contributed by atoms with Crippen molar-refractivity contribution in [2.75, 3.05) is 11.9 Å². The molecule has 2 fully saturated rings. The van der Waals surface area contributed by atoms with Crippen LogP contribution in [-0.4, -0.2) is 28.7 Å². The Morgan fingerprint density at radius 2 is 2.17 bits per heavy atom. The SMILES string of the molecule is CCOC1CC(Nc2cc(Br)nc(C3CC3)n2)C1. The summed E-state index contributed by atoms with van der Waals surface area (Å²) < 4.78 is 6.44. The average Bonchev–Trinajstić information content (AvgIpc) is 3.09. The Balaban J connectivity index is 1.59. The van der Waals surface area contributed by atoms with E-state index in [0.29, 0.717) is 18.1 Å². The highest BCUT2D eigenvalue weighted by Crippen LogP contribution is 2.39. The summed E-state index contributed by atoms with van der Waals surface area (Å²) in [7, 11) is 0. The first-order valence-electron chi connectivity index (χ1n) is 6.67. The molecule has 0 spiro atoms. The highest BCUT2D eigenvalue weighted by atomic mass is 79.9. The largest absolute Gasteiger partial charge is 0.378 e. The second-order valence-electron chi connectivity index (χ2n) is 5.10. The maximum absolute atomic E-state index is 5.56. The minimum Gasteiger partial charge on any atom is -0.378 e. The van der Waals surface area contributed by atoms with Gasteiger partial charge in [0.1, 0.15) is 16.2 Å². The number of nitrogens with one attached hydrogen (secondary N) is 1. The third-order valence-corrected chi connectivity index (χ3v) is 3.91. The molecule has 3 rings (SSSR count). The number of halogens is 1. The maximum Gasteiger partial charge on any atom is 0.135 e. The molecule has 1 aromatic heterocycles. The van der Waals surface area contributed by atoms with Gasteiger partial charge in [-0.3, -0.25) is 0 Å². The van der Waals surface area contributed by atoms with E-state index >= 15 is 0 Å². The van der Waals surface area contributed by atoms with Gasteiger partial charge in [0.15, 0.2) is 0 Å². The molecule has 0 atom stereocenters. The van der Waals surface area contributed by atoms with Crippen LogP contribution < -0.4 is 5.32 Å². The highest BCUT2D eigenvalue weighted by molar-refractivity contribution is 9.10. The molecule has 2 saturated carbocycles. The van der Waals surface area contributed by atoms with Crippen LogP contribution in [0.4, 0.5) is 5.82 Å². The van der Waals surface area contributed by atoms with E-state index in [-0.39, 0.29) is 0 Å². The molecular weight excluding hydrogens is 294 g/mol. The lowest BCUT2D eigenvalue weighted by molar-refractivity contribution is 0.00292. The lowest BCUT2D eigenvalue weighted by atomic mass is 9.89. The van der Waals surface area contributed by atoms with Crippen LogP contribution in [0.2, 0.25) is 0 Å². The number of anilines is 1. The van der Waals surface area contributed by atoms with Crippen molar-refractivity contribution in [3.05, 3.63) is 16.5 Å². The van der Waals surface area contributed by atoms with Gasteiger partial charge in [-0.25, -0.2) is 9.97 Å². The molecule has 0 amide bonds. The topological polar surface area (TPSA) is 47.0 Å². The second kappa shape index (κ2) is 5.13. The fourth-order valence-electron chi connectivity index (χ4n) is 2.30. The lowest BCUT2D eigenvalue weighted by Gasteiger charge is -2.35. The molecule has 2 aliphatic carbocycles. The Bertz CT molecular complexity index is 430. The standard InChI is InChI=1S/C13H18BrN3O/c1-2-18-10-5-9(6-10)15-12-7-11(14)16-13(17-12)8-3-4-8/h7-10H,2-6H2,1H3,(H,15,16,17). The van der Waals surface area contributed by atoms with Crippen molar-refractivity contribution in [1.29, 1.82) is 0 Å². The van der Waals surface area contributed by atoms with Crippen LogP contribution in [0, 0.1) is 0 Å². The van der Waals surface area contributed by atoms with Crippen molar-refractivity contribution < 1.29 is 4.74 Å². The molecule has 4 nitrogen and oxygen atoms in total. The van der Waals surface area contributed by atoms with Gasteiger partial charge in [-0.2, -0.15) is 0 Å². The third-order valence-electron chi connectivity index (χ3n) is 3.50. The molecule has 0 saturated heterocycles. The van der Waals surface area contributed by atoms with Gasteiger partial charge in [0.2, 0.25) is 0 Å². The number of hydrogen-bond acceptors (Lipinski definition) is 4. The molecular formula is C13H18BrN3O. The Morgan fingerprint density at radius 3 is 2.83 bits per heavy atom. The molecule has 0 aromatic carbocycles. The Kier molecular flexibility index (Phi) is 3.52. The van der Waals surface area contributed by atoms with Gasteiger partial charge in [0, 0.05) is 24.6 Å². The van der Waals surface area contributed by atoms with Crippen LogP contribution in [0.1, 0.15) is 44.3 Å². The van der Waals surface area contributed by atoms with Crippen molar-refractivity contribution in [2.24, 2.45) is 0 Å². The number of hydrogen-bond donors (Lipinski definition) is 1. The molecule has 1 N–H and O–H groups in total. The lowest BCUT2D eigenvalue weighted by Crippen LogP contribution is -2.41. The molecule has 98 valence electrons. The quantitative estimate of drug-likeness (QED) is 0.849. The summed E-state index contributed by atoms with van der Waals surface area (Å²) in [6.45, 7) is 2.85. The van der Waals surface area contributed by atoms with E-state index < -0.39 is 0 Å². The van der Waals surface area contributed by atoms with E-state index in [1.54, 1.807) is 0 Å². The van der Waals surface area contributed by atoms with E-state index in [2.05, 4.69) is 31.2 Å². The first kappa shape index (κ1) is 12.4. The molecule has 0 aliphatic heterocycles. The summed E-state index contributed by atoms with van der Waals surface area (Å²) in [5.41, 5.74) is 0. The minimum absolute atomic E-state index is 0.431. The predicted octanol–water partition coefficient (Wildman–Crippen LogP) is 3.10. The molecule has 0 bridgehead atoms. The zero-order valence-corrected chi connectivity index (χ0v) is 12.1. The Hall–Kier alpha value is -0.680. The molecule has 0 unspecified atom stereocenters. The monoisotopic (exact) mass is 311 g/mol. The molecule has 0 radical (unpaired) electrons. The normalized spacial score (nSPS) is 26.8. The van der Waals surface area contributed by atoms with Gasteiger partial charge in [-0.1, -0.05) is 0 Å². The summed E-state index contributed by atoms with van der Waals surface area (Å²) in [5, 5.41) is 3.47. The smallest absolute Gasteiger partial charge is 0.135 e. The van der Waals surface area contributed by atoms with Crippen LogP contribution in [0.3, 0.4) is 0 Å². The van der Waals surface area contributed by atoms with E-state index in [9.17, 15) is 0 Å². The number of rotatable bonds is 5. The third kappa shape index (κ3) is 2.83. The van der Waals surface area contributed by atoms with Gasteiger partial charge in [0.25, 0.3) is 0 Å². The molecule has 18 heavy (non-hydrogen) atoms. The number of ether oxygens (including phenoxy) is 1. The fraction of sp³-hybridized carbons (Fsp3) is 0.692. The molecule has 1 heterocycles. The van der Waals surface area contributed by atoms with Crippen molar-refractivity contribution in [2.45, 2.75) is 50.7 Å². The zero-order chi connectivity index (χ0) is 12.5. The van der Waals surface area contributed by atoms with Gasteiger partial charge < -0.3 is 10.1 Å². The van der Waals surface area contributed by atoms with E-state index in [1.165, 1.54) is 12.8 Å². The summed E-state index contributed by atoms with van der Waals surface area (Å²) in [6, 6.07) is 2.45. The van der Waals surface area contributed by atoms with Crippen molar-refractivity contribution in [3.63, 3.8) is 0 Å². The van der Waals surface area contributed by atoms with Crippen LogP contribution in [0.25, 0.3) is 0 Å². The average molecular weight is 312 g/mol. The fourth-order valence-corrected chi connectivity index (χ4v) is 2.70. The summed E-state index contributed by atoms with van der Waals surface area (Å²) in [4.78, 5) is 9.03. The zero-order valence-electron chi connectivity index (χ0n) is 10.5.